The fourth-order valence-electron chi connectivity index (χ4n) is 3.76. The van der Waals surface area contributed by atoms with Gasteiger partial charge in [0.1, 0.15) is 5.56 Å². The van der Waals surface area contributed by atoms with E-state index in [9.17, 15) is 9.59 Å². The summed E-state index contributed by atoms with van der Waals surface area (Å²) in [6, 6.07) is 24.8. The largest absolute Gasteiger partial charge is 0.347 e. The van der Waals surface area contributed by atoms with Crippen LogP contribution >= 0.6 is 11.6 Å². The summed E-state index contributed by atoms with van der Waals surface area (Å²) in [5.74, 6) is -0.290. The minimum Gasteiger partial charge on any atom is -0.347 e. The summed E-state index contributed by atoms with van der Waals surface area (Å²) in [5, 5.41) is 0.932. The molecule has 4 aromatic rings. The molecule has 4 nitrogen and oxygen atoms in total. The van der Waals surface area contributed by atoms with Crippen molar-refractivity contribution in [1.29, 1.82) is 0 Å². The van der Waals surface area contributed by atoms with E-state index in [-0.39, 0.29) is 16.9 Å². The van der Waals surface area contributed by atoms with Gasteiger partial charge in [0.25, 0.3) is 5.91 Å². The van der Waals surface area contributed by atoms with E-state index in [0.29, 0.717) is 30.0 Å². The smallest absolute Gasteiger partial charge is 0.259 e. The van der Waals surface area contributed by atoms with E-state index in [1.807, 2.05) is 78.2 Å². The average molecular weight is 431 g/mol. The first-order valence-corrected chi connectivity index (χ1v) is 10.6. The van der Waals surface area contributed by atoms with E-state index in [0.717, 1.165) is 16.6 Å². The maximum Gasteiger partial charge on any atom is 0.259 e. The number of fused-ring (bicyclic) bond motifs is 1. The molecule has 0 saturated carbocycles. The number of rotatable bonds is 6. The lowest BCUT2D eigenvalue weighted by Crippen LogP contribution is -2.34. The minimum atomic E-state index is -0.293. The third kappa shape index (κ3) is 4.54. The van der Waals surface area contributed by atoms with E-state index in [1.165, 1.54) is 0 Å². The van der Waals surface area contributed by atoms with Crippen LogP contribution < -0.4 is 5.43 Å². The molecule has 0 saturated heterocycles. The topological polar surface area (TPSA) is 42.3 Å². The first-order valence-electron chi connectivity index (χ1n) is 10.3. The van der Waals surface area contributed by atoms with Gasteiger partial charge < -0.3 is 9.47 Å². The summed E-state index contributed by atoms with van der Waals surface area (Å²) >= 11 is 6.15. The van der Waals surface area contributed by atoms with Crippen LogP contribution in [0.5, 0.6) is 0 Å². The van der Waals surface area contributed by atoms with Crippen LogP contribution in [-0.4, -0.2) is 15.4 Å². The third-order valence-corrected chi connectivity index (χ3v) is 5.57. The molecule has 0 aliphatic carbocycles. The van der Waals surface area contributed by atoms with Crippen molar-refractivity contribution in [2.24, 2.45) is 0 Å². The van der Waals surface area contributed by atoms with Gasteiger partial charge in [0.2, 0.25) is 5.43 Å². The average Bonchev–Trinajstić information content (AvgIpc) is 2.80. The van der Waals surface area contributed by atoms with Gasteiger partial charge >= 0.3 is 0 Å². The molecule has 5 heteroatoms. The van der Waals surface area contributed by atoms with Crippen molar-refractivity contribution in [1.82, 2.24) is 9.47 Å². The molecule has 156 valence electrons. The number of hydrogen-bond acceptors (Lipinski definition) is 2. The highest BCUT2D eigenvalue weighted by Crippen LogP contribution is 2.19. The third-order valence-electron chi connectivity index (χ3n) is 5.33. The molecule has 0 spiro atoms. The summed E-state index contributed by atoms with van der Waals surface area (Å²) in [6.45, 7) is 3.44. The monoisotopic (exact) mass is 430 g/mol. The Kier molecular flexibility index (Phi) is 6.19. The number of aromatic nitrogens is 1. The van der Waals surface area contributed by atoms with E-state index in [2.05, 4.69) is 0 Å². The zero-order valence-electron chi connectivity index (χ0n) is 17.3. The molecule has 0 aliphatic rings. The Morgan fingerprint density at radius 3 is 2.03 bits per heavy atom. The normalized spacial score (nSPS) is 10.9. The molecule has 0 N–H and O–H groups in total. The second-order valence-electron chi connectivity index (χ2n) is 7.45. The number of hydrogen-bond donors (Lipinski definition) is 0. The van der Waals surface area contributed by atoms with Gasteiger partial charge in [-0.1, -0.05) is 72.3 Å². The van der Waals surface area contributed by atoms with Crippen LogP contribution in [0.3, 0.4) is 0 Å². The van der Waals surface area contributed by atoms with Crippen molar-refractivity contribution < 1.29 is 4.79 Å². The van der Waals surface area contributed by atoms with E-state index < -0.39 is 0 Å². The van der Waals surface area contributed by atoms with Crippen molar-refractivity contribution in [2.45, 2.75) is 26.6 Å². The zero-order chi connectivity index (χ0) is 21.8. The Balaban J connectivity index is 1.79. The molecule has 0 radical (unpaired) electrons. The van der Waals surface area contributed by atoms with Gasteiger partial charge in [0.05, 0.1) is 5.52 Å². The van der Waals surface area contributed by atoms with Crippen LogP contribution in [0.1, 0.15) is 28.4 Å². The summed E-state index contributed by atoms with van der Waals surface area (Å²) in [4.78, 5) is 28.7. The van der Waals surface area contributed by atoms with Crippen LogP contribution in [0.15, 0.2) is 89.9 Å². The van der Waals surface area contributed by atoms with Crippen LogP contribution in [0.4, 0.5) is 0 Å². The number of halogens is 1. The number of aryl methyl sites for hydroxylation is 1. The summed E-state index contributed by atoms with van der Waals surface area (Å²) in [5.41, 5.74) is 2.64. The molecule has 31 heavy (non-hydrogen) atoms. The summed E-state index contributed by atoms with van der Waals surface area (Å²) in [7, 11) is 0. The first-order chi connectivity index (χ1) is 15.1. The zero-order valence-corrected chi connectivity index (χ0v) is 18.0. The highest BCUT2D eigenvalue weighted by Gasteiger charge is 2.22. The number of pyridine rings is 1. The van der Waals surface area contributed by atoms with E-state index in [4.69, 9.17) is 11.6 Å². The van der Waals surface area contributed by atoms with Gasteiger partial charge in [0, 0.05) is 36.2 Å². The molecular formula is C26H23ClN2O2. The lowest BCUT2D eigenvalue weighted by atomic mass is 10.1. The van der Waals surface area contributed by atoms with Gasteiger partial charge in [-0.3, -0.25) is 9.59 Å². The minimum absolute atomic E-state index is 0.156. The number of amides is 1. The lowest BCUT2D eigenvalue weighted by molar-refractivity contribution is 0.0728. The molecule has 0 unspecified atom stereocenters. The SMILES string of the molecule is CCn1cc(C(=O)N(Cc2ccccc2)Cc2ccccc2)c(=O)c2cc(Cl)ccc21. The quantitative estimate of drug-likeness (QED) is 0.404. The van der Waals surface area contributed by atoms with E-state index in [1.54, 1.807) is 23.2 Å². The van der Waals surface area contributed by atoms with Gasteiger partial charge in [-0.2, -0.15) is 0 Å². The number of carbonyl (C=O) groups excluding carboxylic acids is 1. The molecule has 0 aliphatic heterocycles. The number of nitrogens with zero attached hydrogens (tertiary/aromatic N) is 2. The Morgan fingerprint density at radius 1 is 0.903 bits per heavy atom. The molecule has 0 fully saturated rings. The Morgan fingerprint density at radius 2 is 1.48 bits per heavy atom. The van der Waals surface area contributed by atoms with Gasteiger partial charge in [-0.25, -0.2) is 0 Å². The molecule has 1 heterocycles. The van der Waals surface area contributed by atoms with Crippen molar-refractivity contribution >= 4 is 28.4 Å². The Labute approximate surface area is 186 Å². The lowest BCUT2D eigenvalue weighted by Gasteiger charge is -2.24. The van der Waals surface area contributed by atoms with Crippen molar-refractivity contribution in [3.63, 3.8) is 0 Å². The Hall–Kier alpha value is -3.37. The standard InChI is InChI=1S/C26H23ClN2O2/c1-2-28-18-23(25(30)22-15-21(27)13-14-24(22)28)26(31)29(16-19-9-5-3-6-10-19)17-20-11-7-4-8-12-20/h3-15,18H,2,16-17H2,1H3. The maximum atomic E-state index is 13.7. The molecule has 3 aromatic carbocycles. The predicted octanol–water partition coefficient (Wildman–Crippen LogP) is 5.52. The summed E-state index contributed by atoms with van der Waals surface area (Å²) < 4.78 is 1.92. The second kappa shape index (κ2) is 9.19. The summed E-state index contributed by atoms with van der Waals surface area (Å²) in [6.07, 6.45) is 1.67. The van der Waals surface area contributed by atoms with E-state index >= 15 is 0 Å². The predicted molar refractivity (Wildman–Crippen MR) is 125 cm³/mol. The van der Waals surface area contributed by atoms with Gasteiger partial charge in [0.15, 0.2) is 0 Å². The number of benzene rings is 3. The van der Waals surface area contributed by atoms with Crippen molar-refractivity contribution in [3.05, 3.63) is 117 Å². The van der Waals surface area contributed by atoms with Gasteiger partial charge in [-0.15, -0.1) is 0 Å². The van der Waals surface area contributed by atoms with Crippen LogP contribution in [0, 0.1) is 0 Å². The van der Waals surface area contributed by atoms with Crippen LogP contribution in [0.2, 0.25) is 5.02 Å². The molecule has 4 rings (SSSR count). The van der Waals surface area contributed by atoms with Gasteiger partial charge in [-0.05, 0) is 36.2 Å². The maximum absolute atomic E-state index is 13.7. The fraction of sp³-hybridized carbons (Fsp3) is 0.154. The molecule has 1 aromatic heterocycles. The highest BCUT2D eigenvalue weighted by molar-refractivity contribution is 6.31. The van der Waals surface area contributed by atoms with Crippen molar-refractivity contribution in [2.75, 3.05) is 0 Å². The molecule has 0 atom stereocenters. The highest BCUT2D eigenvalue weighted by atomic mass is 35.5. The van der Waals surface area contributed by atoms with Crippen LogP contribution in [0.25, 0.3) is 10.9 Å². The number of carbonyl (C=O) groups is 1. The first kappa shape index (κ1) is 20.9. The second-order valence-corrected chi connectivity index (χ2v) is 7.89. The molecule has 1 amide bonds. The molecular weight excluding hydrogens is 408 g/mol. The van der Waals surface area contributed by atoms with Crippen molar-refractivity contribution in [3.8, 4) is 0 Å². The molecule has 0 bridgehead atoms. The van der Waals surface area contributed by atoms with Crippen LogP contribution in [-0.2, 0) is 19.6 Å². The fourth-order valence-corrected chi connectivity index (χ4v) is 3.93. The Bertz CT molecular complexity index is 1230.